The zero-order valence-electron chi connectivity index (χ0n) is 11.5. The van der Waals surface area contributed by atoms with Crippen molar-refractivity contribution in [2.45, 2.75) is 78.1 Å². The molecule has 0 radical (unpaired) electrons. The number of hydrogen-bond acceptors (Lipinski definition) is 2. The quantitative estimate of drug-likeness (QED) is 0.327. The highest BCUT2D eigenvalue weighted by molar-refractivity contribution is 5.77. The topological polar surface area (TPSA) is 49.3 Å². The van der Waals surface area contributed by atoms with E-state index in [-0.39, 0.29) is 11.8 Å². The van der Waals surface area contributed by atoms with Gasteiger partial charge in [0.25, 0.3) is 0 Å². The summed E-state index contributed by atoms with van der Waals surface area (Å²) < 4.78 is 0. The molecule has 0 aromatic carbocycles. The lowest BCUT2D eigenvalue weighted by atomic mass is 9.97. The molecule has 0 saturated heterocycles. The molecule has 0 bridgehead atoms. The van der Waals surface area contributed by atoms with Crippen LogP contribution < -0.4 is 5.48 Å². The molecule has 0 fully saturated rings. The lowest BCUT2D eigenvalue weighted by molar-refractivity contribution is -0.133. The molecule has 3 nitrogen and oxygen atoms in total. The summed E-state index contributed by atoms with van der Waals surface area (Å²) in [6.07, 6.45) is 12.0. The molecule has 2 N–H and O–H groups in total. The largest absolute Gasteiger partial charge is 0.289 e. The standard InChI is InChI=1S/C14H29NO2/c1-3-5-6-7-8-9-10-11-12-13(4-2)14(16)15-17/h13,17H,3-12H2,1-2H3,(H,15,16). The normalized spacial score (nSPS) is 12.4. The lowest BCUT2D eigenvalue weighted by Crippen LogP contribution is -2.27. The summed E-state index contributed by atoms with van der Waals surface area (Å²) in [5, 5.41) is 8.56. The summed E-state index contributed by atoms with van der Waals surface area (Å²) in [4.78, 5) is 11.2. The number of hydroxylamine groups is 1. The van der Waals surface area contributed by atoms with Gasteiger partial charge in [0, 0.05) is 5.92 Å². The maximum Gasteiger partial charge on any atom is 0.246 e. The average Bonchev–Trinajstić information content (AvgIpc) is 2.36. The fourth-order valence-corrected chi connectivity index (χ4v) is 2.14. The molecule has 1 unspecified atom stereocenters. The molecule has 1 atom stereocenters. The third-order valence-corrected chi connectivity index (χ3v) is 3.38. The predicted molar refractivity (Wildman–Crippen MR) is 70.9 cm³/mol. The van der Waals surface area contributed by atoms with Crippen LogP contribution in [0.1, 0.15) is 78.1 Å². The minimum atomic E-state index is -0.226. The highest BCUT2D eigenvalue weighted by atomic mass is 16.5. The van der Waals surface area contributed by atoms with Crippen molar-refractivity contribution in [3.63, 3.8) is 0 Å². The number of carbonyl (C=O) groups excluding carboxylic acids is 1. The van der Waals surface area contributed by atoms with Crippen LogP contribution in [0.25, 0.3) is 0 Å². The van der Waals surface area contributed by atoms with Gasteiger partial charge in [-0.3, -0.25) is 10.0 Å². The fraction of sp³-hybridized carbons (Fsp3) is 0.929. The fourth-order valence-electron chi connectivity index (χ4n) is 2.14. The number of nitrogens with one attached hydrogen (secondary N) is 1. The first kappa shape index (κ1) is 16.4. The molecule has 0 aliphatic rings. The first-order chi connectivity index (χ1) is 8.26. The van der Waals surface area contributed by atoms with Crippen LogP contribution >= 0.6 is 0 Å². The summed E-state index contributed by atoms with van der Waals surface area (Å²) >= 11 is 0. The van der Waals surface area contributed by atoms with E-state index in [2.05, 4.69) is 6.92 Å². The van der Waals surface area contributed by atoms with Crippen molar-refractivity contribution >= 4 is 5.91 Å². The molecule has 0 aliphatic carbocycles. The van der Waals surface area contributed by atoms with Crippen LogP contribution in [0.15, 0.2) is 0 Å². The minimum Gasteiger partial charge on any atom is -0.289 e. The Hall–Kier alpha value is -0.570. The zero-order valence-corrected chi connectivity index (χ0v) is 11.5. The molecule has 0 heterocycles. The van der Waals surface area contributed by atoms with E-state index < -0.39 is 0 Å². The molecule has 0 aromatic rings. The van der Waals surface area contributed by atoms with Gasteiger partial charge >= 0.3 is 0 Å². The Morgan fingerprint density at radius 2 is 1.53 bits per heavy atom. The maximum absolute atomic E-state index is 11.2. The van der Waals surface area contributed by atoms with Crippen molar-refractivity contribution in [1.82, 2.24) is 5.48 Å². The monoisotopic (exact) mass is 243 g/mol. The predicted octanol–water partition coefficient (Wildman–Crippen LogP) is 4.05. The summed E-state index contributed by atoms with van der Waals surface area (Å²) in [6, 6.07) is 0. The van der Waals surface area contributed by atoms with Crippen LogP contribution in [-0.2, 0) is 4.79 Å². The molecular formula is C14H29NO2. The van der Waals surface area contributed by atoms with Crippen molar-refractivity contribution in [3.05, 3.63) is 0 Å². The summed E-state index contributed by atoms with van der Waals surface area (Å²) in [6.45, 7) is 4.22. The number of unbranched alkanes of at least 4 members (excludes halogenated alkanes) is 7. The van der Waals surface area contributed by atoms with E-state index >= 15 is 0 Å². The first-order valence-electron chi connectivity index (χ1n) is 7.20. The highest BCUT2D eigenvalue weighted by Gasteiger charge is 2.14. The van der Waals surface area contributed by atoms with E-state index in [0.717, 1.165) is 19.3 Å². The number of amides is 1. The van der Waals surface area contributed by atoms with Gasteiger partial charge in [0.05, 0.1) is 0 Å². The van der Waals surface area contributed by atoms with Crippen LogP contribution in [0, 0.1) is 5.92 Å². The van der Waals surface area contributed by atoms with Crippen molar-refractivity contribution in [3.8, 4) is 0 Å². The van der Waals surface area contributed by atoms with Crippen molar-refractivity contribution < 1.29 is 10.0 Å². The minimum absolute atomic E-state index is 0.0138. The van der Waals surface area contributed by atoms with Crippen molar-refractivity contribution in [1.29, 1.82) is 0 Å². The van der Waals surface area contributed by atoms with Gasteiger partial charge < -0.3 is 0 Å². The van der Waals surface area contributed by atoms with Gasteiger partial charge in [-0.2, -0.15) is 0 Å². The van der Waals surface area contributed by atoms with E-state index in [1.54, 1.807) is 5.48 Å². The third-order valence-electron chi connectivity index (χ3n) is 3.38. The highest BCUT2D eigenvalue weighted by Crippen LogP contribution is 2.15. The number of hydrogen-bond donors (Lipinski definition) is 2. The number of rotatable bonds is 11. The molecule has 0 saturated carbocycles. The van der Waals surface area contributed by atoms with E-state index in [9.17, 15) is 4.79 Å². The molecule has 0 spiro atoms. The van der Waals surface area contributed by atoms with Crippen LogP contribution in [0.3, 0.4) is 0 Å². The SMILES string of the molecule is CCCCCCCCCCC(CC)C(=O)NO. The lowest BCUT2D eigenvalue weighted by Gasteiger charge is -2.11. The molecular weight excluding hydrogens is 214 g/mol. The Morgan fingerprint density at radius 1 is 1.00 bits per heavy atom. The van der Waals surface area contributed by atoms with E-state index in [4.69, 9.17) is 5.21 Å². The van der Waals surface area contributed by atoms with Gasteiger partial charge in [-0.1, -0.05) is 65.2 Å². The van der Waals surface area contributed by atoms with Gasteiger partial charge in [-0.15, -0.1) is 0 Å². The maximum atomic E-state index is 11.2. The van der Waals surface area contributed by atoms with Gasteiger partial charge in [-0.05, 0) is 12.8 Å². The molecule has 0 rings (SSSR count). The second-order valence-corrected chi connectivity index (χ2v) is 4.84. The Kier molecular flexibility index (Phi) is 11.5. The van der Waals surface area contributed by atoms with E-state index in [1.807, 2.05) is 6.92 Å². The smallest absolute Gasteiger partial charge is 0.246 e. The summed E-state index contributed by atoms with van der Waals surface area (Å²) in [5.74, 6) is -0.240. The van der Waals surface area contributed by atoms with E-state index in [0.29, 0.717) is 0 Å². The molecule has 0 aliphatic heterocycles. The van der Waals surface area contributed by atoms with Crippen LogP contribution in [0.4, 0.5) is 0 Å². The first-order valence-corrected chi connectivity index (χ1v) is 7.20. The van der Waals surface area contributed by atoms with Gasteiger partial charge in [0.2, 0.25) is 5.91 Å². The summed E-state index contributed by atoms with van der Waals surface area (Å²) in [5.41, 5.74) is 1.75. The average molecular weight is 243 g/mol. The van der Waals surface area contributed by atoms with Crippen LogP contribution in [0.5, 0.6) is 0 Å². The second kappa shape index (κ2) is 11.9. The van der Waals surface area contributed by atoms with Crippen LogP contribution in [0.2, 0.25) is 0 Å². The third kappa shape index (κ3) is 9.16. The molecule has 102 valence electrons. The number of carbonyl (C=O) groups is 1. The van der Waals surface area contributed by atoms with Crippen molar-refractivity contribution in [2.24, 2.45) is 5.92 Å². The van der Waals surface area contributed by atoms with Crippen LogP contribution in [-0.4, -0.2) is 11.1 Å². The van der Waals surface area contributed by atoms with Gasteiger partial charge in [0.1, 0.15) is 0 Å². The van der Waals surface area contributed by atoms with Crippen molar-refractivity contribution in [2.75, 3.05) is 0 Å². The molecule has 3 heteroatoms. The molecule has 0 aromatic heterocycles. The van der Waals surface area contributed by atoms with E-state index in [1.165, 1.54) is 44.9 Å². The summed E-state index contributed by atoms with van der Waals surface area (Å²) in [7, 11) is 0. The Bertz CT molecular complexity index is 183. The molecule has 1 amide bonds. The molecule has 17 heavy (non-hydrogen) atoms. The zero-order chi connectivity index (χ0) is 12.9. The van der Waals surface area contributed by atoms with Gasteiger partial charge in [0.15, 0.2) is 0 Å². The Morgan fingerprint density at radius 3 is 2.00 bits per heavy atom. The van der Waals surface area contributed by atoms with Gasteiger partial charge in [-0.25, -0.2) is 5.48 Å². The Labute approximate surface area is 106 Å². The second-order valence-electron chi connectivity index (χ2n) is 4.84. The Balaban J connectivity index is 3.34.